The highest BCUT2D eigenvalue weighted by Crippen LogP contribution is 2.31. The molecule has 1 fully saturated rings. The molecule has 1 aromatic heterocycles. The van der Waals surface area contributed by atoms with Gasteiger partial charge in [0.2, 0.25) is 11.9 Å². The highest BCUT2D eigenvalue weighted by Gasteiger charge is 2.27. The van der Waals surface area contributed by atoms with Gasteiger partial charge in [-0.2, -0.15) is 15.0 Å². The molecule has 1 saturated heterocycles. The van der Waals surface area contributed by atoms with Gasteiger partial charge in [-0.3, -0.25) is 0 Å². The van der Waals surface area contributed by atoms with Gasteiger partial charge in [-0.15, -0.1) is 0 Å². The van der Waals surface area contributed by atoms with Gasteiger partial charge in [0.15, 0.2) is 0 Å². The van der Waals surface area contributed by atoms with Crippen molar-refractivity contribution in [3.8, 4) is 6.01 Å². The van der Waals surface area contributed by atoms with Crippen molar-refractivity contribution < 1.29 is 4.74 Å². The molecule has 0 amide bonds. The van der Waals surface area contributed by atoms with Gasteiger partial charge in [-0.1, -0.05) is 13.8 Å². The molecule has 2 rings (SSSR count). The van der Waals surface area contributed by atoms with Gasteiger partial charge in [0.1, 0.15) is 0 Å². The van der Waals surface area contributed by atoms with Crippen LogP contribution in [0.2, 0.25) is 0 Å². The van der Waals surface area contributed by atoms with Crippen molar-refractivity contribution in [1.82, 2.24) is 15.0 Å². The maximum absolute atomic E-state index is 5.64. The number of aromatic nitrogens is 3. The standard InChI is InChI=1S/C15H27N5O/c1-6-16-12-17-13(19-14(18-12)21-11(2)3)20-9-7-15(4,5)8-10-20/h11H,6-10H2,1-5H3,(H,16,17,18,19). The molecule has 0 aromatic carbocycles. The summed E-state index contributed by atoms with van der Waals surface area (Å²) in [4.78, 5) is 15.5. The number of hydrogen-bond acceptors (Lipinski definition) is 6. The minimum Gasteiger partial charge on any atom is -0.461 e. The van der Waals surface area contributed by atoms with Crippen molar-refractivity contribution in [1.29, 1.82) is 0 Å². The molecule has 0 unspecified atom stereocenters. The predicted molar refractivity (Wildman–Crippen MR) is 85.0 cm³/mol. The third-order valence-corrected chi connectivity index (χ3v) is 3.68. The van der Waals surface area contributed by atoms with Gasteiger partial charge < -0.3 is 15.0 Å². The van der Waals surface area contributed by atoms with Crippen LogP contribution in [0.25, 0.3) is 0 Å². The summed E-state index contributed by atoms with van der Waals surface area (Å²) in [5, 5.41) is 3.15. The Morgan fingerprint density at radius 2 is 1.86 bits per heavy atom. The second-order valence-corrected chi connectivity index (χ2v) is 6.59. The van der Waals surface area contributed by atoms with Gasteiger partial charge in [-0.05, 0) is 39.0 Å². The number of nitrogens with one attached hydrogen (secondary N) is 1. The van der Waals surface area contributed by atoms with E-state index in [9.17, 15) is 0 Å². The van der Waals surface area contributed by atoms with Crippen molar-refractivity contribution in [2.24, 2.45) is 5.41 Å². The van der Waals surface area contributed by atoms with Gasteiger partial charge in [0, 0.05) is 19.6 Å². The van der Waals surface area contributed by atoms with E-state index in [2.05, 4.69) is 39.0 Å². The van der Waals surface area contributed by atoms with Crippen LogP contribution < -0.4 is 15.0 Å². The SMILES string of the molecule is CCNc1nc(OC(C)C)nc(N2CCC(C)(C)CC2)n1. The minimum absolute atomic E-state index is 0.0509. The van der Waals surface area contributed by atoms with Crippen molar-refractivity contribution >= 4 is 11.9 Å². The molecule has 1 aliphatic heterocycles. The Morgan fingerprint density at radius 1 is 1.19 bits per heavy atom. The van der Waals surface area contributed by atoms with Crippen LogP contribution in [0.15, 0.2) is 0 Å². The van der Waals surface area contributed by atoms with E-state index in [0.29, 0.717) is 23.3 Å². The first-order valence-electron chi connectivity index (χ1n) is 7.81. The molecular formula is C15H27N5O. The van der Waals surface area contributed by atoms with Crippen LogP contribution in [-0.4, -0.2) is 40.7 Å². The smallest absolute Gasteiger partial charge is 0.323 e. The first-order chi connectivity index (χ1) is 9.89. The Hall–Kier alpha value is -1.59. The molecule has 21 heavy (non-hydrogen) atoms. The molecule has 2 heterocycles. The lowest BCUT2D eigenvalue weighted by Gasteiger charge is -2.36. The van der Waals surface area contributed by atoms with Gasteiger partial charge in [-0.25, -0.2) is 0 Å². The summed E-state index contributed by atoms with van der Waals surface area (Å²) in [7, 11) is 0. The summed E-state index contributed by atoms with van der Waals surface area (Å²) in [6, 6.07) is 0.399. The maximum atomic E-state index is 5.64. The molecular weight excluding hydrogens is 266 g/mol. The number of anilines is 2. The number of nitrogens with zero attached hydrogens (tertiary/aromatic N) is 4. The molecule has 1 N–H and O–H groups in total. The Balaban J connectivity index is 2.19. The summed E-state index contributed by atoms with van der Waals surface area (Å²) in [6.07, 6.45) is 2.35. The molecule has 118 valence electrons. The molecule has 0 aliphatic carbocycles. The molecule has 6 heteroatoms. The van der Waals surface area contributed by atoms with E-state index >= 15 is 0 Å². The first-order valence-corrected chi connectivity index (χ1v) is 7.81. The highest BCUT2D eigenvalue weighted by atomic mass is 16.5. The van der Waals surface area contributed by atoms with Gasteiger partial charge >= 0.3 is 6.01 Å². The van der Waals surface area contributed by atoms with Crippen molar-refractivity contribution in [3.05, 3.63) is 0 Å². The molecule has 0 saturated carbocycles. The van der Waals surface area contributed by atoms with E-state index in [0.717, 1.165) is 32.5 Å². The van der Waals surface area contributed by atoms with Crippen LogP contribution in [0, 0.1) is 5.41 Å². The quantitative estimate of drug-likeness (QED) is 0.900. The average molecular weight is 293 g/mol. The molecule has 1 aromatic rings. The summed E-state index contributed by atoms with van der Waals surface area (Å²) >= 11 is 0. The van der Waals surface area contributed by atoms with E-state index in [-0.39, 0.29) is 6.10 Å². The number of piperidine rings is 1. The number of ether oxygens (including phenoxy) is 1. The normalized spacial score (nSPS) is 17.9. The molecule has 0 radical (unpaired) electrons. The third kappa shape index (κ3) is 4.44. The Bertz CT molecular complexity index is 465. The third-order valence-electron chi connectivity index (χ3n) is 3.68. The van der Waals surface area contributed by atoms with E-state index in [4.69, 9.17) is 4.74 Å². The van der Waals surface area contributed by atoms with E-state index in [1.165, 1.54) is 0 Å². The van der Waals surface area contributed by atoms with Crippen LogP contribution in [0.3, 0.4) is 0 Å². The van der Waals surface area contributed by atoms with Crippen LogP contribution in [0.1, 0.15) is 47.5 Å². The van der Waals surface area contributed by atoms with E-state index < -0.39 is 0 Å². The van der Waals surface area contributed by atoms with Crippen molar-refractivity contribution in [2.75, 3.05) is 29.9 Å². The zero-order chi connectivity index (χ0) is 15.5. The van der Waals surface area contributed by atoms with Crippen molar-refractivity contribution in [3.63, 3.8) is 0 Å². The van der Waals surface area contributed by atoms with E-state index in [1.54, 1.807) is 0 Å². The summed E-state index contributed by atoms with van der Waals surface area (Å²) < 4.78 is 5.64. The van der Waals surface area contributed by atoms with Crippen LogP contribution in [0.4, 0.5) is 11.9 Å². The average Bonchev–Trinajstić information content (AvgIpc) is 2.37. The second-order valence-electron chi connectivity index (χ2n) is 6.59. The lowest BCUT2D eigenvalue weighted by atomic mass is 9.83. The summed E-state index contributed by atoms with van der Waals surface area (Å²) in [6.45, 7) is 13.3. The van der Waals surface area contributed by atoms with Gasteiger partial charge in [0.25, 0.3) is 0 Å². The topological polar surface area (TPSA) is 63.2 Å². The molecule has 0 spiro atoms. The fraction of sp³-hybridized carbons (Fsp3) is 0.800. The monoisotopic (exact) mass is 293 g/mol. The lowest BCUT2D eigenvalue weighted by Crippen LogP contribution is -2.38. The van der Waals surface area contributed by atoms with Gasteiger partial charge in [0.05, 0.1) is 6.10 Å². The van der Waals surface area contributed by atoms with E-state index in [1.807, 2.05) is 20.8 Å². The molecule has 6 nitrogen and oxygen atoms in total. The number of rotatable bonds is 5. The highest BCUT2D eigenvalue weighted by molar-refractivity contribution is 5.38. The lowest BCUT2D eigenvalue weighted by molar-refractivity contribution is 0.221. The summed E-state index contributed by atoms with van der Waals surface area (Å²) in [5.74, 6) is 1.30. The molecule has 0 atom stereocenters. The minimum atomic E-state index is 0.0509. The van der Waals surface area contributed by atoms with Crippen LogP contribution in [0.5, 0.6) is 6.01 Å². The maximum Gasteiger partial charge on any atom is 0.323 e. The number of hydrogen-bond donors (Lipinski definition) is 1. The Morgan fingerprint density at radius 3 is 2.43 bits per heavy atom. The van der Waals surface area contributed by atoms with Crippen LogP contribution >= 0.6 is 0 Å². The fourth-order valence-electron chi connectivity index (χ4n) is 2.30. The Labute approximate surface area is 127 Å². The predicted octanol–water partition coefficient (Wildman–Crippen LogP) is 2.72. The second kappa shape index (κ2) is 6.45. The first kappa shape index (κ1) is 15.8. The zero-order valence-electron chi connectivity index (χ0n) is 13.8. The zero-order valence-corrected chi connectivity index (χ0v) is 13.8. The summed E-state index contributed by atoms with van der Waals surface area (Å²) in [5.41, 5.74) is 0.408. The fourth-order valence-corrected chi connectivity index (χ4v) is 2.30. The Kier molecular flexibility index (Phi) is 4.85. The largest absolute Gasteiger partial charge is 0.461 e. The van der Waals surface area contributed by atoms with Crippen LogP contribution in [-0.2, 0) is 0 Å². The van der Waals surface area contributed by atoms with Crippen molar-refractivity contribution in [2.45, 2.75) is 53.6 Å². The molecule has 1 aliphatic rings. The molecule has 0 bridgehead atoms.